The van der Waals surface area contributed by atoms with Gasteiger partial charge in [0.25, 0.3) is 0 Å². The Morgan fingerprint density at radius 2 is 2.00 bits per heavy atom. The molecule has 0 bridgehead atoms. The lowest BCUT2D eigenvalue weighted by molar-refractivity contribution is 0.445. The van der Waals surface area contributed by atoms with E-state index in [2.05, 4.69) is 0 Å². The van der Waals surface area contributed by atoms with Crippen LogP contribution in [-0.2, 0) is 6.42 Å². The summed E-state index contributed by atoms with van der Waals surface area (Å²) in [5.41, 5.74) is 5.82. The molecule has 0 spiro atoms. The van der Waals surface area contributed by atoms with Gasteiger partial charge in [-0.1, -0.05) is 0 Å². The van der Waals surface area contributed by atoms with Gasteiger partial charge < -0.3 is 10.8 Å². The third-order valence-corrected chi connectivity index (χ3v) is 2.90. The number of benzene rings is 1. The van der Waals surface area contributed by atoms with Crippen molar-refractivity contribution in [2.75, 3.05) is 0 Å². The molecule has 0 aliphatic heterocycles. The summed E-state index contributed by atoms with van der Waals surface area (Å²) >= 11 is 0. The molecule has 2 nitrogen and oxygen atoms in total. The van der Waals surface area contributed by atoms with Crippen molar-refractivity contribution in [3.05, 3.63) is 29.3 Å². The second kappa shape index (κ2) is 3.45. The Morgan fingerprint density at radius 1 is 1.33 bits per heavy atom. The van der Waals surface area contributed by atoms with Crippen LogP contribution in [0, 0.1) is 11.6 Å². The largest absolute Gasteiger partial charge is 0.507 e. The predicted molar refractivity (Wildman–Crippen MR) is 52.5 cm³/mol. The zero-order chi connectivity index (χ0) is 11.1. The van der Waals surface area contributed by atoms with Gasteiger partial charge in [0.2, 0.25) is 0 Å². The van der Waals surface area contributed by atoms with Crippen LogP contribution in [0.1, 0.15) is 24.8 Å². The van der Waals surface area contributed by atoms with Gasteiger partial charge >= 0.3 is 0 Å². The van der Waals surface area contributed by atoms with Gasteiger partial charge in [0, 0.05) is 23.2 Å². The van der Waals surface area contributed by atoms with Crippen LogP contribution in [0.4, 0.5) is 8.78 Å². The summed E-state index contributed by atoms with van der Waals surface area (Å²) in [5.74, 6) is -1.78. The van der Waals surface area contributed by atoms with Crippen molar-refractivity contribution in [3.8, 4) is 5.75 Å². The van der Waals surface area contributed by atoms with E-state index in [4.69, 9.17) is 5.73 Å². The molecule has 15 heavy (non-hydrogen) atoms. The zero-order valence-corrected chi connectivity index (χ0v) is 8.26. The number of rotatable bonds is 3. The standard InChI is InChI=1S/C11H13F2NO/c12-7-5-9(13)8(10(15)6-7)1-2-11(14)3-4-11/h5-6,15H,1-4,14H2. The Hall–Kier alpha value is -1.16. The first-order valence-electron chi connectivity index (χ1n) is 4.96. The third-order valence-electron chi connectivity index (χ3n) is 2.90. The van der Waals surface area contributed by atoms with Crippen LogP contribution in [0.3, 0.4) is 0 Å². The highest BCUT2D eigenvalue weighted by atomic mass is 19.1. The van der Waals surface area contributed by atoms with E-state index in [-0.39, 0.29) is 16.9 Å². The lowest BCUT2D eigenvalue weighted by atomic mass is 10.0. The van der Waals surface area contributed by atoms with E-state index in [0.717, 1.165) is 25.0 Å². The first-order chi connectivity index (χ1) is 7.00. The summed E-state index contributed by atoms with van der Waals surface area (Å²) in [5, 5.41) is 9.37. The van der Waals surface area contributed by atoms with Crippen molar-refractivity contribution in [2.24, 2.45) is 5.73 Å². The van der Waals surface area contributed by atoms with Gasteiger partial charge in [0.15, 0.2) is 0 Å². The minimum Gasteiger partial charge on any atom is -0.507 e. The molecular weight excluding hydrogens is 200 g/mol. The maximum Gasteiger partial charge on any atom is 0.133 e. The van der Waals surface area contributed by atoms with E-state index in [1.54, 1.807) is 0 Å². The number of hydrogen-bond donors (Lipinski definition) is 2. The summed E-state index contributed by atoms with van der Waals surface area (Å²) in [7, 11) is 0. The van der Waals surface area contributed by atoms with E-state index in [1.807, 2.05) is 0 Å². The molecule has 4 heteroatoms. The van der Waals surface area contributed by atoms with Gasteiger partial charge in [-0.15, -0.1) is 0 Å². The molecule has 0 atom stereocenters. The Bertz CT molecular complexity index is 365. The van der Waals surface area contributed by atoms with Gasteiger partial charge in [-0.25, -0.2) is 8.78 Å². The summed E-state index contributed by atoms with van der Waals surface area (Å²) in [6, 6.07) is 1.71. The fourth-order valence-electron chi connectivity index (χ4n) is 1.62. The van der Waals surface area contributed by atoms with Crippen LogP contribution >= 0.6 is 0 Å². The summed E-state index contributed by atoms with van der Waals surface area (Å²) in [6.07, 6.45) is 2.87. The van der Waals surface area contributed by atoms with Crippen molar-refractivity contribution < 1.29 is 13.9 Å². The quantitative estimate of drug-likeness (QED) is 0.807. The van der Waals surface area contributed by atoms with Crippen LogP contribution in [0.25, 0.3) is 0 Å². The number of hydrogen-bond acceptors (Lipinski definition) is 2. The number of aromatic hydroxyl groups is 1. The minimum atomic E-state index is -0.761. The molecule has 1 saturated carbocycles. The highest BCUT2D eigenvalue weighted by Gasteiger charge is 2.37. The molecule has 1 aliphatic rings. The monoisotopic (exact) mass is 213 g/mol. The van der Waals surface area contributed by atoms with Crippen molar-refractivity contribution in [1.82, 2.24) is 0 Å². The highest BCUT2D eigenvalue weighted by molar-refractivity contribution is 5.34. The summed E-state index contributed by atoms with van der Waals surface area (Å²) < 4.78 is 25.9. The van der Waals surface area contributed by atoms with Crippen LogP contribution in [0.2, 0.25) is 0 Å². The van der Waals surface area contributed by atoms with Crippen molar-refractivity contribution in [3.63, 3.8) is 0 Å². The van der Waals surface area contributed by atoms with Gasteiger partial charge in [-0.3, -0.25) is 0 Å². The molecule has 82 valence electrons. The number of phenols is 1. The first kappa shape index (κ1) is 10.4. The SMILES string of the molecule is NC1(CCc2c(O)cc(F)cc2F)CC1. The Balaban J connectivity index is 2.13. The Labute approximate surface area is 86.7 Å². The van der Waals surface area contributed by atoms with E-state index < -0.39 is 11.6 Å². The minimum absolute atomic E-state index is 0.160. The molecule has 0 amide bonds. The maximum absolute atomic E-state index is 13.3. The first-order valence-corrected chi connectivity index (χ1v) is 4.96. The fourth-order valence-corrected chi connectivity index (χ4v) is 1.62. The zero-order valence-electron chi connectivity index (χ0n) is 8.26. The van der Waals surface area contributed by atoms with Crippen molar-refractivity contribution in [1.29, 1.82) is 0 Å². The molecule has 3 N–H and O–H groups in total. The number of nitrogens with two attached hydrogens (primary N) is 1. The fraction of sp³-hybridized carbons (Fsp3) is 0.455. The molecule has 1 aromatic carbocycles. The van der Waals surface area contributed by atoms with E-state index >= 15 is 0 Å². The van der Waals surface area contributed by atoms with Gasteiger partial charge in [-0.2, -0.15) is 0 Å². The van der Waals surface area contributed by atoms with Crippen LogP contribution in [-0.4, -0.2) is 10.6 Å². The number of halogens is 2. The molecular formula is C11H13F2NO. The molecule has 0 heterocycles. The smallest absolute Gasteiger partial charge is 0.133 e. The highest BCUT2D eigenvalue weighted by Crippen LogP contribution is 2.37. The molecule has 1 aliphatic carbocycles. The van der Waals surface area contributed by atoms with Crippen molar-refractivity contribution >= 4 is 0 Å². The van der Waals surface area contributed by atoms with Crippen LogP contribution < -0.4 is 5.73 Å². The Morgan fingerprint density at radius 3 is 2.53 bits per heavy atom. The molecule has 1 fully saturated rings. The molecule has 2 rings (SSSR count). The van der Waals surface area contributed by atoms with E-state index in [1.165, 1.54) is 0 Å². The number of phenolic OH excluding ortho intramolecular Hbond substituents is 1. The summed E-state index contributed by atoms with van der Waals surface area (Å²) in [4.78, 5) is 0. The van der Waals surface area contributed by atoms with E-state index in [0.29, 0.717) is 12.8 Å². The van der Waals surface area contributed by atoms with Gasteiger partial charge in [-0.05, 0) is 25.7 Å². The average molecular weight is 213 g/mol. The second-order valence-corrected chi connectivity index (χ2v) is 4.25. The van der Waals surface area contributed by atoms with Crippen molar-refractivity contribution in [2.45, 2.75) is 31.2 Å². The lowest BCUT2D eigenvalue weighted by Gasteiger charge is -2.10. The second-order valence-electron chi connectivity index (χ2n) is 4.25. The average Bonchev–Trinajstić information content (AvgIpc) is 2.82. The summed E-state index contributed by atoms with van der Waals surface area (Å²) in [6.45, 7) is 0. The molecule has 0 unspecified atom stereocenters. The lowest BCUT2D eigenvalue weighted by Crippen LogP contribution is -2.22. The molecule has 0 saturated heterocycles. The van der Waals surface area contributed by atoms with Crippen LogP contribution in [0.5, 0.6) is 5.75 Å². The van der Waals surface area contributed by atoms with Gasteiger partial charge in [0.05, 0.1) is 0 Å². The maximum atomic E-state index is 13.3. The van der Waals surface area contributed by atoms with Gasteiger partial charge in [0.1, 0.15) is 17.4 Å². The molecule has 0 aromatic heterocycles. The normalized spacial score (nSPS) is 17.8. The van der Waals surface area contributed by atoms with E-state index in [9.17, 15) is 13.9 Å². The Kier molecular flexibility index (Phi) is 2.38. The topological polar surface area (TPSA) is 46.2 Å². The third kappa shape index (κ3) is 2.26. The molecule has 0 radical (unpaired) electrons. The van der Waals surface area contributed by atoms with Crippen LogP contribution in [0.15, 0.2) is 12.1 Å². The predicted octanol–water partition coefficient (Wildman–Crippen LogP) is 2.09. The molecule has 1 aromatic rings.